The first-order valence-electron chi connectivity index (χ1n) is 9.21. The van der Waals surface area contributed by atoms with Gasteiger partial charge in [-0.25, -0.2) is 4.98 Å². The molecule has 1 saturated heterocycles. The molecule has 138 valence electrons. The molecule has 0 bridgehead atoms. The number of aromatic nitrogens is 2. The summed E-state index contributed by atoms with van der Waals surface area (Å²) in [6.45, 7) is 8.12. The van der Waals surface area contributed by atoms with Crippen molar-refractivity contribution in [2.24, 2.45) is 5.92 Å². The van der Waals surface area contributed by atoms with Crippen molar-refractivity contribution in [3.8, 4) is 0 Å². The summed E-state index contributed by atoms with van der Waals surface area (Å²) in [5, 5.41) is 3.21. The summed E-state index contributed by atoms with van der Waals surface area (Å²) in [7, 11) is 0. The first-order valence-corrected chi connectivity index (χ1v) is 9.21. The Bertz CT molecular complexity index is 684. The number of nitrogens with zero attached hydrogens (tertiary/aromatic N) is 4. The molecule has 26 heavy (non-hydrogen) atoms. The molecule has 1 fully saturated rings. The van der Waals surface area contributed by atoms with Gasteiger partial charge >= 0.3 is 0 Å². The van der Waals surface area contributed by atoms with Gasteiger partial charge in [0.2, 0.25) is 5.91 Å². The van der Waals surface area contributed by atoms with Crippen molar-refractivity contribution in [2.75, 3.05) is 37.6 Å². The zero-order valence-electron chi connectivity index (χ0n) is 15.5. The van der Waals surface area contributed by atoms with E-state index < -0.39 is 0 Å². The van der Waals surface area contributed by atoms with Crippen LogP contribution in [0.25, 0.3) is 0 Å². The van der Waals surface area contributed by atoms with Gasteiger partial charge in [-0.3, -0.25) is 14.7 Å². The molecule has 3 rings (SSSR count). The second kappa shape index (κ2) is 8.76. The summed E-state index contributed by atoms with van der Waals surface area (Å²) in [5.41, 5.74) is 1.16. The molecular weight excluding hydrogens is 326 g/mol. The van der Waals surface area contributed by atoms with Crippen LogP contribution in [0.4, 0.5) is 5.82 Å². The zero-order chi connectivity index (χ0) is 18.4. The highest BCUT2D eigenvalue weighted by Crippen LogP contribution is 2.21. The van der Waals surface area contributed by atoms with Crippen LogP contribution in [0.5, 0.6) is 0 Å². The van der Waals surface area contributed by atoms with Crippen LogP contribution in [0.3, 0.4) is 0 Å². The number of nitrogens with one attached hydrogen (secondary N) is 1. The lowest BCUT2D eigenvalue weighted by atomic mass is 9.96. The molecule has 1 aliphatic heterocycles. The average molecular weight is 353 g/mol. The van der Waals surface area contributed by atoms with Crippen molar-refractivity contribution >= 4 is 11.7 Å². The van der Waals surface area contributed by atoms with Crippen LogP contribution in [0.15, 0.2) is 48.9 Å². The summed E-state index contributed by atoms with van der Waals surface area (Å²) >= 11 is 0. The number of piperazine rings is 1. The number of carbonyl (C=O) groups excluding carboxylic acids is 1. The molecule has 2 aromatic rings. The number of rotatable bonds is 6. The monoisotopic (exact) mass is 353 g/mol. The van der Waals surface area contributed by atoms with Crippen molar-refractivity contribution in [3.05, 3.63) is 54.5 Å². The molecule has 6 nitrogen and oxygen atoms in total. The summed E-state index contributed by atoms with van der Waals surface area (Å²) < 4.78 is 0. The number of hydrogen-bond donors (Lipinski definition) is 1. The maximum Gasteiger partial charge on any atom is 0.234 e. The molecule has 1 aromatic carbocycles. The van der Waals surface area contributed by atoms with Crippen molar-refractivity contribution in [3.63, 3.8) is 0 Å². The van der Waals surface area contributed by atoms with Gasteiger partial charge < -0.3 is 10.2 Å². The number of hydrogen-bond acceptors (Lipinski definition) is 5. The minimum Gasteiger partial charge on any atom is -0.353 e. The summed E-state index contributed by atoms with van der Waals surface area (Å²) in [6, 6.07) is 10.2. The largest absolute Gasteiger partial charge is 0.353 e. The van der Waals surface area contributed by atoms with Gasteiger partial charge in [-0.2, -0.15) is 0 Å². The van der Waals surface area contributed by atoms with E-state index in [0.717, 1.165) is 37.6 Å². The van der Waals surface area contributed by atoms with Crippen molar-refractivity contribution < 1.29 is 4.79 Å². The Balaban J connectivity index is 1.51. The summed E-state index contributed by atoms with van der Waals surface area (Å²) in [5.74, 6) is 1.33. The van der Waals surface area contributed by atoms with E-state index in [1.54, 1.807) is 18.6 Å². The molecule has 0 saturated carbocycles. The van der Waals surface area contributed by atoms with Gasteiger partial charge in [0.15, 0.2) is 0 Å². The Morgan fingerprint density at radius 1 is 1.12 bits per heavy atom. The van der Waals surface area contributed by atoms with E-state index in [9.17, 15) is 4.79 Å². The Hall–Kier alpha value is -2.47. The Kier molecular flexibility index (Phi) is 6.17. The second-order valence-corrected chi connectivity index (χ2v) is 7.03. The lowest BCUT2D eigenvalue weighted by molar-refractivity contribution is -0.123. The van der Waals surface area contributed by atoms with E-state index in [2.05, 4.69) is 51.1 Å². The highest BCUT2D eigenvalue weighted by atomic mass is 16.2. The molecule has 1 aromatic heterocycles. The molecule has 0 unspecified atom stereocenters. The summed E-state index contributed by atoms with van der Waals surface area (Å²) in [4.78, 5) is 25.4. The lowest BCUT2D eigenvalue weighted by Crippen LogP contribution is -2.50. The standard InChI is InChI=1S/C20H27N5O/c1-16(2)20(17-6-4-3-5-7-17)23-19(26)15-24-10-12-25(13-11-24)18-14-21-8-9-22-18/h3-9,14,16,20H,10-13,15H2,1-2H3,(H,23,26)/t20-/m0/s1. The quantitative estimate of drug-likeness (QED) is 0.862. The highest BCUT2D eigenvalue weighted by Gasteiger charge is 2.22. The van der Waals surface area contributed by atoms with Crippen LogP contribution in [-0.4, -0.2) is 53.5 Å². The number of amides is 1. The van der Waals surface area contributed by atoms with E-state index >= 15 is 0 Å². The fraction of sp³-hybridized carbons (Fsp3) is 0.450. The van der Waals surface area contributed by atoms with Crippen LogP contribution in [0.1, 0.15) is 25.5 Å². The molecule has 1 amide bonds. The third-order valence-electron chi connectivity index (χ3n) is 4.75. The first kappa shape index (κ1) is 18.3. The van der Waals surface area contributed by atoms with E-state index in [1.807, 2.05) is 18.2 Å². The fourth-order valence-corrected chi connectivity index (χ4v) is 3.31. The number of carbonyl (C=O) groups is 1. The van der Waals surface area contributed by atoms with Gasteiger partial charge in [0.25, 0.3) is 0 Å². The van der Waals surface area contributed by atoms with Gasteiger partial charge in [0, 0.05) is 38.6 Å². The molecule has 1 aliphatic rings. The molecule has 0 radical (unpaired) electrons. The zero-order valence-corrected chi connectivity index (χ0v) is 15.5. The van der Waals surface area contributed by atoms with Crippen molar-refractivity contribution in [1.29, 1.82) is 0 Å². The first-order chi connectivity index (χ1) is 12.6. The van der Waals surface area contributed by atoms with Crippen LogP contribution in [-0.2, 0) is 4.79 Å². The van der Waals surface area contributed by atoms with Crippen LogP contribution in [0.2, 0.25) is 0 Å². The third-order valence-corrected chi connectivity index (χ3v) is 4.75. The highest BCUT2D eigenvalue weighted by molar-refractivity contribution is 5.78. The normalized spacial score (nSPS) is 16.5. The molecule has 1 N–H and O–H groups in total. The number of benzene rings is 1. The predicted molar refractivity (Wildman–Crippen MR) is 103 cm³/mol. The molecule has 1 atom stereocenters. The van der Waals surface area contributed by atoms with Gasteiger partial charge in [-0.05, 0) is 11.5 Å². The van der Waals surface area contributed by atoms with E-state index in [4.69, 9.17) is 0 Å². The molecule has 2 heterocycles. The van der Waals surface area contributed by atoms with Crippen LogP contribution >= 0.6 is 0 Å². The van der Waals surface area contributed by atoms with Gasteiger partial charge in [0.05, 0.1) is 18.8 Å². The van der Waals surface area contributed by atoms with Crippen LogP contribution < -0.4 is 10.2 Å². The van der Waals surface area contributed by atoms with Gasteiger partial charge in [-0.15, -0.1) is 0 Å². The average Bonchev–Trinajstić information content (AvgIpc) is 2.68. The molecular formula is C20H27N5O. The second-order valence-electron chi connectivity index (χ2n) is 7.03. The SMILES string of the molecule is CC(C)[C@H](NC(=O)CN1CCN(c2cnccn2)CC1)c1ccccc1. The minimum atomic E-state index is 0.0459. The smallest absolute Gasteiger partial charge is 0.234 e. The van der Waals surface area contributed by atoms with E-state index in [-0.39, 0.29) is 11.9 Å². The van der Waals surface area contributed by atoms with Gasteiger partial charge in [-0.1, -0.05) is 44.2 Å². The minimum absolute atomic E-state index is 0.0459. The van der Waals surface area contributed by atoms with Gasteiger partial charge in [0.1, 0.15) is 5.82 Å². The Labute approximate surface area is 155 Å². The Morgan fingerprint density at radius 3 is 2.46 bits per heavy atom. The molecule has 0 aliphatic carbocycles. The van der Waals surface area contributed by atoms with Crippen molar-refractivity contribution in [2.45, 2.75) is 19.9 Å². The number of anilines is 1. The van der Waals surface area contributed by atoms with Crippen LogP contribution in [0, 0.1) is 5.92 Å². The summed E-state index contributed by atoms with van der Waals surface area (Å²) in [6.07, 6.45) is 5.18. The third kappa shape index (κ3) is 4.79. The van der Waals surface area contributed by atoms with E-state index in [1.165, 1.54) is 0 Å². The topological polar surface area (TPSA) is 61.4 Å². The predicted octanol–water partition coefficient (Wildman–Crippen LogP) is 2.11. The maximum absolute atomic E-state index is 12.6. The van der Waals surface area contributed by atoms with Crippen molar-refractivity contribution in [1.82, 2.24) is 20.2 Å². The Morgan fingerprint density at radius 2 is 1.85 bits per heavy atom. The fourth-order valence-electron chi connectivity index (χ4n) is 3.31. The van der Waals surface area contributed by atoms with E-state index in [0.29, 0.717) is 12.5 Å². The molecule has 0 spiro atoms. The molecule has 6 heteroatoms. The lowest BCUT2D eigenvalue weighted by Gasteiger charge is -2.35. The maximum atomic E-state index is 12.6.